The van der Waals surface area contributed by atoms with Crippen molar-refractivity contribution in [1.82, 2.24) is 0 Å². The van der Waals surface area contributed by atoms with Crippen molar-refractivity contribution < 1.29 is 14.3 Å². The maximum atomic E-state index is 14.0. The lowest BCUT2D eigenvalue weighted by Crippen LogP contribution is -2.63. The lowest BCUT2D eigenvalue weighted by Gasteiger charge is -2.51. The Kier molecular flexibility index (Phi) is 5.90. The van der Waals surface area contributed by atoms with Crippen LogP contribution in [0.3, 0.4) is 0 Å². The molecule has 1 aliphatic rings. The molecule has 2 aromatic carbocycles. The molecule has 152 valence electrons. The third kappa shape index (κ3) is 3.00. The van der Waals surface area contributed by atoms with Crippen LogP contribution >= 0.6 is 0 Å². The second-order valence-electron chi connectivity index (χ2n) is 8.02. The van der Waals surface area contributed by atoms with Gasteiger partial charge >= 0.3 is 0 Å². The van der Waals surface area contributed by atoms with Gasteiger partial charge in [0, 0.05) is 18.2 Å². The minimum Gasteiger partial charge on any atom is -0.364 e. The molecular weight excluding hydrogens is 360 g/mol. The first kappa shape index (κ1) is 21.2. The van der Waals surface area contributed by atoms with Gasteiger partial charge in [-0.1, -0.05) is 87.4 Å². The molecule has 0 spiro atoms. The Balaban J connectivity index is 2.35. The van der Waals surface area contributed by atoms with Crippen molar-refractivity contribution in [1.29, 1.82) is 0 Å². The predicted octanol–water partition coefficient (Wildman–Crippen LogP) is 6.06. The van der Waals surface area contributed by atoms with E-state index in [0.29, 0.717) is 29.5 Å². The minimum absolute atomic E-state index is 0.00786. The number of carbonyl (C=O) groups is 2. The van der Waals surface area contributed by atoms with E-state index in [1.165, 1.54) is 0 Å². The summed E-state index contributed by atoms with van der Waals surface area (Å²) in [6, 6.07) is 15.0. The Morgan fingerprint density at radius 2 is 1.41 bits per heavy atom. The van der Waals surface area contributed by atoms with E-state index in [-0.39, 0.29) is 11.6 Å². The largest absolute Gasteiger partial charge is 0.364 e. The lowest BCUT2D eigenvalue weighted by molar-refractivity contribution is -0.0439. The second-order valence-corrected chi connectivity index (χ2v) is 8.02. The summed E-state index contributed by atoms with van der Waals surface area (Å²) in [6.07, 6.45) is 2.68. The second kappa shape index (κ2) is 8.08. The van der Waals surface area contributed by atoms with Crippen molar-refractivity contribution in [2.45, 2.75) is 52.1 Å². The number of ether oxygens (including phenoxy) is 1. The first-order chi connectivity index (χ1) is 13.9. The highest BCUT2D eigenvalue weighted by atomic mass is 16.5. The lowest BCUT2D eigenvalue weighted by atomic mass is 9.53. The molecular formula is C26H30O3. The van der Waals surface area contributed by atoms with Gasteiger partial charge in [-0.05, 0) is 30.9 Å². The molecule has 0 N–H and O–H groups in total. The first-order valence-corrected chi connectivity index (χ1v) is 10.4. The molecule has 0 saturated heterocycles. The number of fused-ring (bicyclic) bond motifs is 1. The van der Waals surface area contributed by atoms with Crippen LogP contribution in [-0.2, 0) is 4.74 Å². The van der Waals surface area contributed by atoms with Crippen molar-refractivity contribution in [3.05, 3.63) is 77.4 Å². The highest BCUT2D eigenvalue weighted by molar-refractivity contribution is 6.25. The fourth-order valence-corrected chi connectivity index (χ4v) is 5.06. The number of rotatable bonds is 7. The van der Waals surface area contributed by atoms with Crippen molar-refractivity contribution in [3.8, 4) is 0 Å². The Labute approximate surface area is 173 Å². The summed E-state index contributed by atoms with van der Waals surface area (Å²) in [5.41, 5.74) is 1.06. The summed E-state index contributed by atoms with van der Waals surface area (Å²) in [6.45, 7) is 10.5. The number of benzene rings is 2. The number of methoxy groups -OCH3 is 1. The van der Waals surface area contributed by atoms with Crippen LogP contribution in [0.15, 0.2) is 55.1 Å². The quantitative estimate of drug-likeness (QED) is 0.577. The van der Waals surface area contributed by atoms with Gasteiger partial charge in [0.05, 0.1) is 5.41 Å². The zero-order valence-corrected chi connectivity index (χ0v) is 17.9. The topological polar surface area (TPSA) is 43.4 Å². The number of ketones is 2. The molecule has 2 aromatic rings. The van der Waals surface area contributed by atoms with Gasteiger partial charge in [-0.2, -0.15) is 0 Å². The van der Waals surface area contributed by atoms with Gasteiger partial charge in [-0.15, -0.1) is 0 Å². The highest BCUT2D eigenvalue weighted by Crippen LogP contribution is 2.55. The van der Waals surface area contributed by atoms with E-state index in [1.54, 1.807) is 25.3 Å². The standard InChI is InChI=1S/C26H30O3/c1-6-16-25(17-7-2)23(27)21-10-8-9-11-22(21)24(28)26(25,29-5)19(4)20-14-12-18(3)13-15-20/h8-15H,4,6-7,16-17H2,1-3,5H3. The maximum absolute atomic E-state index is 14.0. The molecule has 0 fully saturated rings. The third-order valence-electron chi connectivity index (χ3n) is 6.33. The average molecular weight is 391 g/mol. The molecule has 0 amide bonds. The van der Waals surface area contributed by atoms with E-state index in [4.69, 9.17) is 4.74 Å². The summed E-state index contributed by atoms with van der Waals surface area (Å²) >= 11 is 0. The summed E-state index contributed by atoms with van der Waals surface area (Å²) < 4.78 is 6.12. The van der Waals surface area contributed by atoms with Gasteiger partial charge in [0.1, 0.15) is 0 Å². The molecule has 3 nitrogen and oxygen atoms in total. The van der Waals surface area contributed by atoms with Crippen molar-refractivity contribution in [2.75, 3.05) is 7.11 Å². The zero-order chi connectivity index (χ0) is 21.2. The molecule has 0 heterocycles. The predicted molar refractivity (Wildman–Crippen MR) is 117 cm³/mol. The fraction of sp³-hybridized carbons (Fsp3) is 0.385. The molecule has 3 heteroatoms. The van der Waals surface area contributed by atoms with Crippen LogP contribution in [0.4, 0.5) is 0 Å². The highest BCUT2D eigenvalue weighted by Gasteiger charge is 2.65. The van der Waals surface area contributed by atoms with Gasteiger partial charge in [0.2, 0.25) is 5.78 Å². The smallest absolute Gasteiger partial charge is 0.200 e. The van der Waals surface area contributed by atoms with Crippen LogP contribution in [0.2, 0.25) is 0 Å². The molecule has 0 aliphatic heterocycles. The normalized spacial score (nSPS) is 20.4. The third-order valence-corrected chi connectivity index (χ3v) is 6.33. The number of carbonyl (C=O) groups excluding carboxylic acids is 2. The van der Waals surface area contributed by atoms with Gasteiger partial charge < -0.3 is 4.74 Å². The Morgan fingerprint density at radius 3 is 1.90 bits per heavy atom. The van der Waals surface area contributed by atoms with E-state index >= 15 is 0 Å². The van der Waals surface area contributed by atoms with E-state index in [0.717, 1.165) is 24.0 Å². The Bertz CT molecular complexity index is 933. The molecule has 0 saturated carbocycles. The van der Waals surface area contributed by atoms with Crippen molar-refractivity contribution in [3.63, 3.8) is 0 Å². The summed E-state index contributed by atoms with van der Waals surface area (Å²) in [4.78, 5) is 28.0. The van der Waals surface area contributed by atoms with E-state index < -0.39 is 11.0 Å². The molecule has 1 aliphatic carbocycles. The first-order valence-electron chi connectivity index (χ1n) is 10.4. The van der Waals surface area contributed by atoms with Crippen molar-refractivity contribution in [2.24, 2.45) is 5.41 Å². The van der Waals surface area contributed by atoms with E-state index in [2.05, 4.69) is 6.58 Å². The average Bonchev–Trinajstić information content (AvgIpc) is 2.73. The molecule has 0 aromatic heterocycles. The number of hydrogen-bond donors (Lipinski definition) is 0. The monoisotopic (exact) mass is 390 g/mol. The molecule has 1 unspecified atom stereocenters. The van der Waals surface area contributed by atoms with Gasteiger partial charge in [-0.25, -0.2) is 0 Å². The molecule has 3 rings (SSSR count). The SMILES string of the molecule is C=C(c1ccc(C)cc1)C1(OC)C(=O)c2ccccc2C(=O)C1(CCC)CCC. The number of aryl methyl sites for hydroxylation is 1. The summed E-state index contributed by atoms with van der Waals surface area (Å²) in [5.74, 6) is -0.172. The minimum atomic E-state index is -1.42. The summed E-state index contributed by atoms with van der Waals surface area (Å²) in [5, 5.41) is 0. The van der Waals surface area contributed by atoms with E-state index in [1.807, 2.05) is 51.1 Å². The fourth-order valence-electron chi connectivity index (χ4n) is 5.06. The van der Waals surface area contributed by atoms with Gasteiger partial charge in [-0.3, -0.25) is 9.59 Å². The molecule has 0 radical (unpaired) electrons. The van der Waals surface area contributed by atoms with Crippen LogP contribution in [0.25, 0.3) is 5.57 Å². The molecule has 1 atom stereocenters. The van der Waals surface area contributed by atoms with Crippen LogP contribution in [-0.4, -0.2) is 24.3 Å². The van der Waals surface area contributed by atoms with Gasteiger partial charge in [0.25, 0.3) is 0 Å². The maximum Gasteiger partial charge on any atom is 0.200 e. The number of hydrogen-bond acceptors (Lipinski definition) is 3. The molecule has 0 bridgehead atoms. The summed E-state index contributed by atoms with van der Waals surface area (Å²) in [7, 11) is 1.54. The van der Waals surface area contributed by atoms with Crippen LogP contribution in [0, 0.1) is 12.3 Å². The molecule has 29 heavy (non-hydrogen) atoms. The van der Waals surface area contributed by atoms with Crippen LogP contribution in [0.1, 0.15) is 71.4 Å². The number of Topliss-reactive ketones (excluding diaryl/α,β-unsaturated/α-hetero) is 2. The van der Waals surface area contributed by atoms with Crippen molar-refractivity contribution >= 4 is 17.1 Å². The van der Waals surface area contributed by atoms with E-state index in [9.17, 15) is 9.59 Å². The van der Waals surface area contributed by atoms with Gasteiger partial charge in [0.15, 0.2) is 11.4 Å². The van der Waals surface area contributed by atoms with Crippen LogP contribution < -0.4 is 0 Å². The van der Waals surface area contributed by atoms with Crippen LogP contribution in [0.5, 0.6) is 0 Å². The zero-order valence-electron chi connectivity index (χ0n) is 17.9. The Morgan fingerprint density at radius 1 is 0.897 bits per heavy atom. The Hall–Kier alpha value is -2.52.